The zero-order chi connectivity index (χ0) is 52.2. The van der Waals surface area contributed by atoms with Crippen molar-refractivity contribution in [2.75, 3.05) is 13.2 Å². The van der Waals surface area contributed by atoms with Gasteiger partial charge in [-0.05, 0) is 96.3 Å². The molecule has 0 rings (SSSR count). The van der Waals surface area contributed by atoms with E-state index in [-0.39, 0.29) is 31.1 Å². The van der Waals surface area contributed by atoms with Gasteiger partial charge in [-0.1, -0.05) is 269 Å². The maximum atomic E-state index is 12.9. The first kappa shape index (κ1) is 69.6. The molecule has 6 heteroatoms. The van der Waals surface area contributed by atoms with Crippen LogP contribution in [0.5, 0.6) is 0 Å². The van der Waals surface area contributed by atoms with Gasteiger partial charge in [-0.2, -0.15) is 0 Å². The van der Waals surface area contributed by atoms with E-state index < -0.39 is 6.10 Å². The number of unbranched alkanes of at least 4 members (excludes halogenated alkanes) is 42. The zero-order valence-corrected chi connectivity index (χ0v) is 48.5. The SMILES string of the molecule is CCCCCCCCC/C=C\CCCCCCCC(=O)OC[C@H](COC(=O)CCCCCCCCC/C=C\CCCCCCCCCC)OC(=O)CCCCCCCCC/C=C\CCCCCCCCCC. The van der Waals surface area contributed by atoms with Gasteiger partial charge in [-0.3, -0.25) is 14.4 Å². The summed E-state index contributed by atoms with van der Waals surface area (Å²) >= 11 is 0. The molecule has 0 aromatic heterocycles. The third kappa shape index (κ3) is 58.5. The molecule has 0 radical (unpaired) electrons. The summed E-state index contributed by atoms with van der Waals surface area (Å²) in [5.74, 6) is -0.871. The van der Waals surface area contributed by atoms with Crippen molar-refractivity contribution in [1.82, 2.24) is 0 Å². The monoisotopic (exact) mass is 1010 g/mol. The lowest BCUT2D eigenvalue weighted by Crippen LogP contribution is -2.30. The summed E-state index contributed by atoms with van der Waals surface area (Å²) in [6.45, 7) is 6.68. The Kier molecular flexibility index (Phi) is 59.2. The van der Waals surface area contributed by atoms with Gasteiger partial charge >= 0.3 is 17.9 Å². The van der Waals surface area contributed by atoms with Crippen molar-refractivity contribution >= 4 is 17.9 Å². The minimum absolute atomic E-state index is 0.0761. The van der Waals surface area contributed by atoms with Crippen molar-refractivity contribution in [1.29, 1.82) is 0 Å². The van der Waals surface area contributed by atoms with Crippen LogP contribution in [0, 0.1) is 0 Å². The third-order valence-electron chi connectivity index (χ3n) is 14.3. The quantitative estimate of drug-likeness (QED) is 0.0261. The van der Waals surface area contributed by atoms with Crippen molar-refractivity contribution in [3.05, 3.63) is 36.5 Å². The number of rotatable bonds is 59. The average Bonchev–Trinajstić information content (AvgIpc) is 3.38. The third-order valence-corrected chi connectivity index (χ3v) is 14.3. The Hall–Kier alpha value is -2.37. The van der Waals surface area contributed by atoms with Crippen LogP contribution in [0.15, 0.2) is 36.5 Å². The number of carbonyl (C=O) groups is 3. The lowest BCUT2D eigenvalue weighted by atomic mass is 10.1. The minimum Gasteiger partial charge on any atom is -0.462 e. The number of esters is 3. The van der Waals surface area contributed by atoms with Gasteiger partial charge in [-0.15, -0.1) is 0 Å². The maximum absolute atomic E-state index is 12.9. The van der Waals surface area contributed by atoms with Crippen molar-refractivity contribution in [2.24, 2.45) is 0 Å². The van der Waals surface area contributed by atoms with E-state index in [0.29, 0.717) is 19.3 Å². The Morgan fingerprint density at radius 1 is 0.264 bits per heavy atom. The van der Waals surface area contributed by atoms with E-state index in [1.807, 2.05) is 0 Å². The smallest absolute Gasteiger partial charge is 0.306 e. The molecule has 72 heavy (non-hydrogen) atoms. The van der Waals surface area contributed by atoms with E-state index in [0.717, 1.165) is 64.2 Å². The number of ether oxygens (including phenoxy) is 3. The summed E-state index contributed by atoms with van der Waals surface area (Å²) in [7, 11) is 0. The van der Waals surface area contributed by atoms with Crippen LogP contribution in [0.2, 0.25) is 0 Å². The number of hydrogen-bond donors (Lipinski definition) is 0. The Bertz CT molecular complexity index is 1210. The predicted molar refractivity (Wildman–Crippen MR) is 312 cm³/mol. The van der Waals surface area contributed by atoms with E-state index in [2.05, 4.69) is 57.2 Å². The molecule has 422 valence electrons. The molecule has 0 saturated carbocycles. The summed E-state index contributed by atoms with van der Waals surface area (Å²) in [4.78, 5) is 38.3. The fraction of sp³-hybridized carbons (Fsp3) is 0.864. The van der Waals surface area contributed by atoms with Crippen LogP contribution >= 0.6 is 0 Å². The van der Waals surface area contributed by atoms with Gasteiger partial charge in [0.05, 0.1) is 0 Å². The first-order chi connectivity index (χ1) is 35.5. The van der Waals surface area contributed by atoms with Gasteiger partial charge in [0.1, 0.15) is 13.2 Å². The van der Waals surface area contributed by atoms with Crippen molar-refractivity contribution in [3.63, 3.8) is 0 Å². The highest BCUT2D eigenvalue weighted by Gasteiger charge is 2.19. The second-order valence-corrected chi connectivity index (χ2v) is 21.7. The highest BCUT2D eigenvalue weighted by Crippen LogP contribution is 2.16. The number of carbonyl (C=O) groups excluding carboxylic acids is 3. The summed E-state index contributed by atoms with van der Waals surface area (Å²) in [5, 5.41) is 0. The molecule has 0 aromatic carbocycles. The molecule has 0 aliphatic carbocycles. The Balaban J connectivity index is 4.36. The molecule has 0 aliphatic rings. The van der Waals surface area contributed by atoms with Crippen molar-refractivity contribution < 1.29 is 28.6 Å². The van der Waals surface area contributed by atoms with Crippen LogP contribution in [0.25, 0.3) is 0 Å². The van der Waals surface area contributed by atoms with E-state index in [4.69, 9.17) is 14.2 Å². The molecule has 0 amide bonds. The van der Waals surface area contributed by atoms with E-state index in [9.17, 15) is 14.4 Å². The fourth-order valence-corrected chi connectivity index (χ4v) is 9.49. The molecule has 0 aromatic rings. The van der Waals surface area contributed by atoms with Gasteiger partial charge < -0.3 is 14.2 Å². The molecule has 0 aliphatic heterocycles. The maximum Gasteiger partial charge on any atom is 0.306 e. The molecule has 1 atom stereocenters. The first-order valence-corrected chi connectivity index (χ1v) is 32.0. The Morgan fingerprint density at radius 2 is 0.458 bits per heavy atom. The van der Waals surface area contributed by atoms with Gasteiger partial charge in [0.2, 0.25) is 0 Å². The zero-order valence-electron chi connectivity index (χ0n) is 48.5. The second-order valence-electron chi connectivity index (χ2n) is 21.7. The predicted octanol–water partition coefficient (Wildman–Crippen LogP) is 21.6. The van der Waals surface area contributed by atoms with Gasteiger partial charge in [0.25, 0.3) is 0 Å². The highest BCUT2D eigenvalue weighted by atomic mass is 16.6. The van der Waals surface area contributed by atoms with Crippen LogP contribution in [-0.4, -0.2) is 37.2 Å². The minimum atomic E-state index is -0.779. The lowest BCUT2D eigenvalue weighted by Gasteiger charge is -2.18. The topological polar surface area (TPSA) is 78.9 Å². The normalized spacial score (nSPS) is 12.2. The van der Waals surface area contributed by atoms with Crippen molar-refractivity contribution in [2.45, 2.75) is 354 Å². The fourth-order valence-electron chi connectivity index (χ4n) is 9.49. The largest absolute Gasteiger partial charge is 0.462 e. The van der Waals surface area contributed by atoms with Gasteiger partial charge in [-0.25, -0.2) is 0 Å². The molecule has 0 N–H and O–H groups in total. The average molecular weight is 1010 g/mol. The molecule has 0 heterocycles. The number of allylic oxidation sites excluding steroid dienone is 6. The van der Waals surface area contributed by atoms with Crippen LogP contribution < -0.4 is 0 Å². The first-order valence-electron chi connectivity index (χ1n) is 32.0. The summed E-state index contributed by atoms with van der Waals surface area (Å²) < 4.78 is 16.9. The van der Waals surface area contributed by atoms with Crippen LogP contribution in [0.1, 0.15) is 348 Å². The molecule has 0 fully saturated rings. The summed E-state index contributed by atoms with van der Waals surface area (Å²) in [6.07, 6.45) is 74.3. The molecule has 0 bridgehead atoms. The summed E-state index contributed by atoms with van der Waals surface area (Å²) in [5.41, 5.74) is 0. The van der Waals surface area contributed by atoms with Crippen LogP contribution in [-0.2, 0) is 28.6 Å². The van der Waals surface area contributed by atoms with Gasteiger partial charge in [0, 0.05) is 19.3 Å². The van der Waals surface area contributed by atoms with Crippen LogP contribution in [0.4, 0.5) is 0 Å². The highest BCUT2D eigenvalue weighted by molar-refractivity contribution is 5.71. The Labute approximate surface area is 448 Å². The molecular weight excluding hydrogens is 889 g/mol. The molecule has 6 nitrogen and oxygen atoms in total. The van der Waals surface area contributed by atoms with Crippen LogP contribution in [0.3, 0.4) is 0 Å². The van der Waals surface area contributed by atoms with E-state index >= 15 is 0 Å². The number of hydrogen-bond acceptors (Lipinski definition) is 6. The standard InChI is InChI=1S/C66H122O6/c1-4-7-10-13-16-19-22-25-28-31-33-35-38-41-44-47-50-53-56-59-65(68)71-62-63(61-70-64(67)58-55-52-49-46-43-40-37-30-27-24-21-18-15-12-9-6-3)72-66(69)60-57-54-51-48-45-42-39-36-34-32-29-26-23-20-17-14-11-8-5-2/h30-34,37,63H,4-29,35-36,38-62H2,1-3H3/b33-31-,34-32-,37-30-/t63-/m1/s1. The second kappa shape index (κ2) is 61.2. The van der Waals surface area contributed by atoms with E-state index in [1.54, 1.807) is 0 Å². The van der Waals surface area contributed by atoms with E-state index in [1.165, 1.54) is 244 Å². The molecule has 0 unspecified atom stereocenters. The lowest BCUT2D eigenvalue weighted by molar-refractivity contribution is -0.167. The summed E-state index contributed by atoms with van der Waals surface area (Å²) in [6, 6.07) is 0. The van der Waals surface area contributed by atoms with Crippen molar-refractivity contribution in [3.8, 4) is 0 Å². The van der Waals surface area contributed by atoms with Gasteiger partial charge in [0.15, 0.2) is 6.10 Å². The molecule has 0 spiro atoms. The Morgan fingerprint density at radius 3 is 0.694 bits per heavy atom. The molecular formula is C66H122O6. The molecule has 0 saturated heterocycles.